The summed E-state index contributed by atoms with van der Waals surface area (Å²) in [6.07, 6.45) is 4.81. The Kier molecular flexibility index (Phi) is 4.85. The lowest BCUT2D eigenvalue weighted by molar-refractivity contribution is -0.129. The van der Waals surface area contributed by atoms with Crippen LogP contribution >= 0.6 is 11.3 Å². The van der Waals surface area contributed by atoms with Gasteiger partial charge in [-0.2, -0.15) is 0 Å². The molecule has 0 aliphatic carbocycles. The smallest absolute Gasteiger partial charge is 0.227 e. The number of rotatable bonds is 6. The summed E-state index contributed by atoms with van der Waals surface area (Å²) in [7, 11) is 3.42. The molecule has 1 amide bonds. The Labute approximate surface area is 144 Å². The number of methoxy groups -OCH3 is 1. The molecule has 24 heavy (non-hydrogen) atoms. The Morgan fingerprint density at radius 1 is 1.42 bits per heavy atom. The minimum Gasteiger partial charge on any atom is -0.497 e. The third-order valence-corrected chi connectivity index (χ3v) is 5.08. The number of fused-ring (bicyclic) bond motifs is 1. The molecule has 0 unspecified atom stereocenters. The molecule has 0 saturated carbocycles. The molecule has 0 bridgehead atoms. The number of likely N-dealkylation sites (N-methyl/N-ethyl adjacent to an activating group) is 1. The van der Waals surface area contributed by atoms with Crippen LogP contribution in [0.1, 0.15) is 22.4 Å². The molecule has 0 spiro atoms. The molecule has 3 aromatic rings. The zero-order valence-corrected chi connectivity index (χ0v) is 14.9. The number of amides is 1. The number of benzene rings is 1. The molecule has 0 aliphatic rings. The Morgan fingerprint density at radius 3 is 2.96 bits per heavy atom. The average Bonchev–Trinajstić information content (AvgIpc) is 3.21. The van der Waals surface area contributed by atoms with E-state index in [4.69, 9.17) is 9.15 Å². The normalized spacial score (nSPS) is 11.0. The number of carbonyl (C=O) groups excluding carboxylic acids is 1. The molecule has 0 atom stereocenters. The Bertz CT molecular complexity index is 853. The Morgan fingerprint density at radius 2 is 2.25 bits per heavy atom. The number of carbonyl (C=O) groups is 1. The summed E-state index contributed by atoms with van der Waals surface area (Å²) in [6, 6.07) is 5.63. The van der Waals surface area contributed by atoms with Gasteiger partial charge in [-0.25, -0.2) is 4.98 Å². The summed E-state index contributed by atoms with van der Waals surface area (Å²) in [6.45, 7) is 2.64. The van der Waals surface area contributed by atoms with Gasteiger partial charge in [-0.3, -0.25) is 4.79 Å². The van der Waals surface area contributed by atoms with Gasteiger partial charge in [0.2, 0.25) is 5.91 Å². The van der Waals surface area contributed by atoms with Crippen molar-refractivity contribution in [2.45, 2.75) is 26.3 Å². The van der Waals surface area contributed by atoms with Crippen molar-refractivity contribution >= 4 is 28.2 Å². The molecule has 126 valence electrons. The number of aryl methyl sites for hydroxylation is 1. The largest absolute Gasteiger partial charge is 0.497 e. The van der Waals surface area contributed by atoms with Crippen LogP contribution in [-0.2, 0) is 24.2 Å². The van der Waals surface area contributed by atoms with E-state index in [2.05, 4.69) is 11.9 Å². The number of furan rings is 1. The highest BCUT2D eigenvalue weighted by atomic mass is 32.1. The number of hydrogen-bond acceptors (Lipinski definition) is 5. The van der Waals surface area contributed by atoms with Gasteiger partial charge < -0.3 is 14.1 Å². The van der Waals surface area contributed by atoms with Crippen molar-refractivity contribution in [3.8, 4) is 5.75 Å². The van der Waals surface area contributed by atoms with Crippen LogP contribution in [0.2, 0.25) is 0 Å². The van der Waals surface area contributed by atoms with Crippen LogP contribution in [0.15, 0.2) is 35.1 Å². The molecule has 3 rings (SSSR count). The van der Waals surface area contributed by atoms with E-state index in [-0.39, 0.29) is 5.91 Å². The van der Waals surface area contributed by atoms with Crippen LogP contribution in [0.25, 0.3) is 11.0 Å². The topological polar surface area (TPSA) is 55.6 Å². The maximum Gasteiger partial charge on any atom is 0.227 e. The highest BCUT2D eigenvalue weighted by Crippen LogP contribution is 2.26. The first-order valence-electron chi connectivity index (χ1n) is 7.82. The predicted octanol–water partition coefficient (Wildman–Crippen LogP) is 3.66. The maximum atomic E-state index is 12.5. The second-order valence-corrected chi connectivity index (χ2v) is 6.82. The van der Waals surface area contributed by atoms with E-state index < -0.39 is 0 Å². The molecule has 0 fully saturated rings. The molecular weight excluding hydrogens is 324 g/mol. The first kappa shape index (κ1) is 16.5. The molecule has 0 saturated heterocycles. The van der Waals surface area contributed by atoms with Crippen LogP contribution in [0.3, 0.4) is 0 Å². The summed E-state index contributed by atoms with van der Waals surface area (Å²) in [5.41, 5.74) is 1.62. The van der Waals surface area contributed by atoms with Crippen molar-refractivity contribution < 1.29 is 13.9 Å². The second-order valence-electron chi connectivity index (χ2n) is 5.62. The minimum absolute atomic E-state index is 0.0433. The third-order valence-electron chi connectivity index (χ3n) is 3.95. The molecule has 0 N–H and O–H groups in total. The summed E-state index contributed by atoms with van der Waals surface area (Å²) in [5, 5.41) is 1.91. The fraction of sp³-hybridized carbons (Fsp3) is 0.333. The summed E-state index contributed by atoms with van der Waals surface area (Å²) in [5.74, 6) is 0.782. The number of nitrogens with zero attached hydrogens (tertiary/aromatic N) is 2. The van der Waals surface area contributed by atoms with Gasteiger partial charge in [0.25, 0.3) is 0 Å². The lowest BCUT2D eigenvalue weighted by Crippen LogP contribution is -2.27. The van der Waals surface area contributed by atoms with E-state index in [1.165, 1.54) is 4.88 Å². The van der Waals surface area contributed by atoms with Crippen molar-refractivity contribution in [3.63, 3.8) is 0 Å². The van der Waals surface area contributed by atoms with Gasteiger partial charge in [-0.05, 0) is 18.6 Å². The second kappa shape index (κ2) is 7.05. The van der Waals surface area contributed by atoms with Gasteiger partial charge in [0, 0.05) is 35.1 Å². The molecule has 2 aromatic heterocycles. The summed E-state index contributed by atoms with van der Waals surface area (Å²) < 4.78 is 10.7. The van der Waals surface area contributed by atoms with Gasteiger partial charge in [0.1, 0.15) is 16.3 Å². The van der Waals surface area contributed by atoms with Crippen LogP contribution in [0, 0.1) is 0 Å². The van der Waals surface area contributed by atoms with Crippen LogP contribution < -0.4 is 4.74 Å². The van der Waals surface area contributed by atoms with Gasteiger partial charge >= 0.3 is 0 Å². The Balaban J connectivity index is 1.69. The lowest BCUT2D eigenvalue weighted by atomic mass is 10.1. The van der Waals surface area contributed by atoms with Crippen molar-refractivity contribution in [1.82, 2.24) is 9.88 Å². The first-order chi connectivity index (χ1) is 11.6. The lowest BCUT2D eigenvalue weighted by Gasteiger charge is -2.15. The molecule has 1 aromatic carbocycles. The standard InChI is InChI=1S/C18H20N2O3S/c1-4-14-9-19-17(24-14)10-20(2)18(21)7-12-11-23-16-8-13(22-3)5-6-15(12)16/h5-6,8-9,11H,4,7,10H2,1-3H3. The molecule has 0 aliphatic heterocycles. The molecular formula is C18H20N2O3S. The van der Waals surface area contributed by atoms with E-state index in [0.717, 1.165) is 33.7 Å². The number of hydrogen-bond donors (Lipinski definition) is 0. The number of ether oxygens (including phenoxy) is 1. The quantitative estimate of drug-likeness (QED) is 0.685. The van der Waals surface area contributed by atoms with Crippen molar-refractivity contribution in [2.24, 2.45) is 0 Å². The zero-order chi connectivity index (χ0) is 17.1. The number of thiazole rings is 1. The third kappa shape index (κ3) is 3.43. The fourth-order valence-electron chi connectivity index (χ4n) is 2.50. The fourth-order valence-corrected chi connectivity index (χ4v) is 3.42. The van der Waals surface area contributed by atoms with Crippen molar-refractivity contribution in [1.29, 1.82) is 0 Å². The summed E-state index contributed by atoms with van der Waals surface area (Å²) in [4.78, 5) is 19.8. The average molecular weight is 344 g/mol. The molecule has 6 heteroatoms. The van der Waals surface area contributed by atoms with Crippen LogP contribution in [-0.4, -0.2) is 29.9 Å². The van der Waals surface area contributed by atoms with Gasteiger partial charge in [-0.15, -0.1) is 11.3 Å². The first-order valence-corrected chi connectivity index (χ1v) is 8.64. The van der Waals surface area contributed by atoms with E-state index in [9.17, 15) is 4.79 Å². The summed E-state index contributed by atoms with van der Waals surface area (Å²) >= 11 is 1.66. The maximum absolute atomic E-state index is 12.5. The highest BCUT2D eigenvalue weighted by molar-refractivity contribution is 7.11. The monoisotopic (exact) mass is 344 g/mol. The van der Waals surface area contributed by atoms with E-state index in [1.54, 1.807) is 36.7 Å². The zero-order valence-electron chi connectivity index (χ0n) is 14.0. The van der Waals surface area contributed by atoms with Crippen LogP contribution in [0.4, 0.5) is 0 Å². The molecule has 5 nitrogen and oxygen atoms in total. The van der Waals surface area contributed by atoms with E-state index >= 15 is 0 Å². The van der Waals surface area contributed by atoms with Gasteiger partial charge in [0.15, 0.2) is 0 Å². The van der Waals surface area contributed by atoms with Gasteiger partial charge in [0.05, 0.1) is 26.3 Å². The molecule has 0 radical (unpaired) electrons. The Hall–Kier alpha value is -2.34. The highest BCUT2D eigenvalue weighted by Gasteiger charge is 2.15. The van der Waals surface area contributed by atoms with Gasteiger partial charge in [-0.1, -0.05) is 6.92 Å². The molecule has 2 heterocycles. The SMILES string of the molecule is CCc1cnc(CN(C)C(=O)Cc2coc3cc(OC)ccc23)s1. The van der Waals surface area contributed by atoms with Crippen molar-refractivity contribution in [2.75, 3.05) is 14.2 Å². The van der Waals surface area contributed by atoms with E-state index in [1.807, 2.05) is 24.4 Å². The minimum atomic E-state index is 0.0433. The van der Waals surface area contributed by atoms with E-state index in [0.29, 0.717) is 13.0 Å². The van der Waals surface area contributed by atoms with Crippen LogP contribution in [0.5, 0.6) is 5.75 Å². The van der Waals surface area contributed by atoms with Crippen molar-refractivity contribution in [3.05, 3.63) is 46.1 Å². The predicted molar refractivity (Wildman–Crippen MR) is 94.4 cm³/mol. The number of aromatic nitrogens is 1.